The molecule has 2 aromatic rings. The number of aliphatic imine (C=N–C) groups is 1. The summed E-state index contributed by atoms with van der Waals surface area (Å²) >= 11 is 6.36. The van der Waals surface area contributed by atoms with Crippen LogP contribution >= 0.6 is 11.6 Å². The highest BCUT2D eigenvalue weighted by atomic mass is 35.5. The van der Waals surface area contributed by atoms with Gasteiger partial charge in [-0.3, -0.25) is 14.7 Å². The van der Waals surface area contributed by atoms with Gasteiger partial charge >= 0.3 is 0 Å². The van der Waals surface area contributed by atoms with E-state index in [1.54, 1.807) is 18.0 Å². The van der Waals surface area contributed by atoms with Crippen molar-refractivity contribution in [2.45, 2.75) is 31.7 Å². The predicted octanol–water partition coefficient (Wildman–Crippen LogP) is 3.86. The first-order valence-corrected chi connectivity index (χ1v) is 9.44. The van der Waals surface area contributed by atoms with Crippen molar-refractivity contribution in [1.82, 2.24) is 5.32 Å². The molecule has 6 heteroatoms. The van der Waals surface area contributed by atoms with E-state index < -0.39 is 0 Å². The zero-order valence-electron chi connectivity index (χ0n) is 15.5. The summed E-state index contributed by atoms with van der Waals surface area (Å²) in [6.07, 6.45) is 3.11. The Kier molecular flexibility index (Phi) is 6.14. The van der Waals surface area contributed by atoms with Gasteiger partial charge in [0.15, 0.2) is 0 Å². The maximum absolute atomic E-state index is 12.1. The minimum Gasteiger partial charge on any atom is -0.394 e. The number of nitrogens with zero attached hydrogens (tertiary/aromatic N) is 2. The molecule has 0 saturated heterocycles. The fourth-order valence-electron chi connectivity index (χ4n) is 3.05. The number of hydrogen-bond donors (Lipinski definition) is 2. The molecule has 0 heterocycles. The predicted molar refractivity (Wildman–Crippen MR) is 110 cm³/mol. The minimum atomic E-state index is -0.162. The number of carbonyl (C=O) groups is 1. The number of amidine groups is 1. The first-order valence-electron chi connectivity index (χ1n) is 9.06. The molecule has 0 bridgehead atoms. The van der Waals surface area contributed by atoms with Gasteiger partial charge in [0.05, 0.1) is 23.0 Å². The quantitative estimate of drug-likeness (QED) is 0.432. The topological polar surface area (TPSA) is 64.9 Å². The van der Waals surface area contributed by atoms with Crippen LogP contribution in [-0.4, -0.2) is 37.0 Å². The molecule has 1 aliphatic carbocycles. The fourth-order valence-corrected chi connectivity index (χ4v) is 3.28. The monoisotopic (exact) mass is 385 g/mol. The van der Waals surface area contributed by atoms with E-state index in [1.165, 1.54) is 18.4 Å². The number of halogens is 1. The number of aliphatic hydroxyl groups is 1. The van der Waals surface area contributed by atoms with Crippen LogP contribution in [0, 0.1) is 0 Å². The van der Waals surface area contributed by atoms with Crippen molar-refractivity contribution in [1.29, 1.82) is 0 Å². The van der Waals surface area contributed by atoms with Crippen molar-refractivity contribution in [2.24, 2.45) is 4.99 Å². The van der Waals surface area contributed by atoms with E-state index >= 15 is 0 Å². The number of anilines is 2. The number of benzene rings is 2. The Labute approximate surface area is 164 Å². The van der Waals surface area contributed by atoms with Crippen LogP contribution in [0.4, 0.5) is 11.4 Å². The lowest BCUT2D eigenvalue weighted by Crippen LogP contribution is -2.36. The highest BCUT2D eigenvalue weighted by Gasteiger charge is 2.26. The van der Waals surface area contributed by atoms with Crippen LogP contribution in [0.25, 0.3) is 0 Å². The van der Waals surface area contributed by atoms with Crippen LogP contribution in [0.1, 0.15) is 36.8 Å². The maximum Gasteiger partial charge on any atom is 0.218 e. The smallest absolute Gasteiger partial charge is 0.218 e. The molecule has 1 saturated carbocycles. The summed E-state index contributed by atoms with van der Waals surface area (Å²) in [7, 11) is 1.69. The number of nitrogens with one attached hydrogen (secondary N) is 1. The summed E-state index contributed by atoms with van der Waals surface area (Å²) in [6.45, 7) is 1.85. The Bertz CT molecular complexity index is 849. The second-order valence-electron chi connectivity index (χ2n) is 6.78. The molecule has 142 valence electrons. The molecule has 2 N–H and O–H groups in total. The van der Waals surface area contributed by atoms with Gasteiger partial charge in [-0.2, -0.15) is 0 Å². The molecule has 1 aliphatic rings. The lowest BCUT2D eigenvalue weighted by atomic mass is 10.0. The van der Waals surface area contributed by atoms with Crippen molar-refractivity contribution in [2.75, 3.05) is 18.6 Å². The summed E-state index contributed by atoms with van der Waals surface area (Å²) in [6, 6.07) is 13.2. The normalized spacial score (nSPS) is 15.3. The molecule has 1 fully saturated rings. The molecule has 0 radical (unpaired) electrons. The third kappa shape index (κ3) is 4.31. The molecule has 1 amide bonds. The highest BCUT2D eigenvalue weighted by molar-refractivity contribution is 6.34. The fraction of sp³-hybridized carbons (Fsp3) is 0.333. The third-order valence-corrected chi connectivity index (χ3v) is 5.00. The Morgan fingerprint density at radius 3 is 2.67 bits per heavy atom. The van der Waals surface area contributed by atoms with Crippen molar-refractivity contribution in [3.8, 4) is 0 Å². The van der Waals surface area contributed by atoms with Crippen LogP contribution in [0.2, 0.25) is 5.02 Å². The Hall–Kier alpha value is -2.37. The molecule has 1 atom stereocenters. The number of para-hydroxylation sites is 1. The lowest BCUT2D eigenvalue weighted by molar-refractivity contribution is -0.106. The van der Waals surface area contributed by atoms with Crippen molar-refractivity contribution < 1.29 is 9.90 Å². The highest BCUT2D eigenvalue weighted by Crippen LogP contribution is 2.43. The molecule has 27 heavy (non-hydrogen) atoms. The summed E-state index contributed by atoms with van der Waals surface area (Å²) in [4.78, 5) is 18.0. The van der Waals surface area contributed by atoms with Gasteiger partial charge in [0.1, 0.15) is 5.84 Å². The van der Waals surface area contributed by atoms with Gasteiger partial charge in [-0.15, -0.1) is 0 Å². The van der Waals surface area contributed by atoms with Crippen LogP contribution in [0.3, 0.4) is 0 Å². The molecular weight excluding hydrogens is 362 g/mol. The van der Waals surface area contributed by atoms with E-state index in [0.717, 1.165) is 17.7 Å². The number of amides is 1. The lowest BCUT2D eigenvalue weighted by Gasteiger charge is -2.25. The first kappa shape index (κ1) is 19.4. The van der Waals surface area contributed by atoms with E-state index in [-0.39, 0.29) is 12.6 Å². The molecule has 0 aliphatic heterocycles. The number of aliphatic hydroxyl groups excluding tert-OH is 1. The second kappa shape index (κ2) is 8.55. The Morgan fingerprint density at radius 2 is 2.07 bits per heavy atom. The van der Waals surface area contributed by atoms with Crippen molar-refractivity contribution in [3.63, 3.8) is 0 Å². The van der Waals surface area contributed by atoms with E-state index in [0.29, 0.717) is 22.5 Å². The van der Waals surface area contributed by atoms with Gasteiger partial charge in [-0.25, -0.2) is 0 Å². The summed E-state index contributed by atoms with van der Waals surface area (Å²) in [5.41, 5.74) is 3.34. The van der Waals surface area contributed by atoms with Gasteiger partial charge in [0.2, 0.25) is 6.41 Å². The maximum atomic E-state index is 12.1. The molecule has 5 nitrogen and oxygen atoms in total. The van der Waals surface area contributed by atoms with E-state index in [2.05, 4.69) is 16.4 Å². The van der Waals surface area contributed by atoms with E-state index in [4.69, 9.17) is 11.6 Å². The third-order valence-electron chi connectivity index (χ3n) is 4.68. The van der Waals surface area contributed by atoms with Crippen LogP contribution in [0.5, 0.6) is 0 Å². The largest absolute Gasteiger partial charge is 0.394 e. The minimum absolute atomic E-state index is 0.0174. The summed E-state index contributed by atoms with van der Waals surface area (Å²) < 4.78 is 0. The van der Waals surface area contributed by atoms with Gasteiger partial charge in [-0.05, 0) is 55.5 Å². The van der Waals surface area contributed by atoms with Gasteiger partial charge in [-0.1, -0.05) is 29.8 Å². The first-order chi connectivity index (χ1) is 13.1. The van der Waals surface area contributed by atoms with Crippen LogP contribution in [0.15, 0.2) is 47.5 Å². The van der Waals surface area contributed by atoms with Crippen LogP contribution in [-0.2, 0) is 4.79 Å². The average molecular weight is 386 g/mol. The zero-order valence-corrected chi connectivity index (χ0v) is 16.3. The van der Waals surface area contributed by atoms with Crippen molar-refractivity contribution >= 4 is 35.2 Å². The number of carbonyl (C=O) groups excluding carboxylic acids is 1. The Morgan fingerprint density at radius 1 is 1.33 bits per heavy atom. The molecule has 0 aromatic heterocycles. The van der Waals surface area contributed by atoms with E-state index in [1.807, 2.05) is 37.3 Å². The molecule has 1 unspecified atom stereocenters. The molecular formula is C21H24ClN3O2. The van der Waals surface area contributed by atoms with Gasteiger partial charge in [0, 0.05) is 18.7 Å². The van der Waals surface area contributed by atoms with E-state index in [9.17, 15) is 9.90 Å². The van der Waals surface area contributed by atoms with Gasteiger partial charge < -0.3 is 10.4 Å². The average Bonchev–Trinajstić information content (AvgIpc) is 3.53. The molecule has 0 spiro atoms. The second-order valence-corrected chi connectivity index (χ2v) is 7.19. The number of rotatable bonds is 7. The van der Waals surface area contributed by atoms with Crippen LogP contribution < -0.4 is 10.2 Å². The molecule has 3 rings (SSSR count). The standard InChI is InChI=1S/C21H24ClN3O2/c1-14(12-26)24-21(23-2)17-10-9-16(15-7-8-15)11-20(17)25(13-27)19-6-4-3-5-18(19)22/h3-6,9-11,13-15,26H,7-8,12H2,1-2H3,(H,23,24). The number of hydrogen-bond acceptors (Lipinski definition) is 3. The molecule has 2 aromatic carbocycles. The van der Waals surface area contributed by atoms with Gasteiger partial charge in [0.25, 0.3) is 0 Å². The summed E-state index contributed by atoms with van der Waals surface area (Å²) in [5.74, 6) is 1.16. The van der Waals surface area contributed by atoms with Crippen molar-refractivity contribution in [3.05, 3.63) is 58.6 Å². The summed E-state index contributed by atoms with van der Waals surface area (Å²) in [5, 5.41) is 13.1. The Balaban J connectivity index is 2.11. The zero-order chi connectivity index (χ0) is 19.4. The SMILES string of the molecule is C/N=C(/NC(C)CO)c1ccc(C2CC2)cc1N(C=O)c1ccccc1Cl.